The van der Waals surface area contributed by atoms with Crippen LogP contribution in [-0.2, 0) is 22.7 Å². The molecule has 3 aromatic rings. The minimum absolute atomic E-state index is 0.0232. The number of carbonyl (C=O) groups is 2. The maximum Gasteiger partial charge on any atom is 0.244 e. The van der Waals surface area contributed by atoms with Gasteiger partial charge in [0.1, 0.15) is 6.54 Å². The van der Waals surface area contributed by atoms with Crippen molar-refractivity contribution in [3.63, 3.8) is 0 Å². The molecule has 0 bridgehead atoms. The normalized spacial score (nSPS) is 10.6. The minimum Gasteiger partial charge on any atom is -0.342 e. The molecule has 2 amide bonds. The van der Waals surface area contributed by atoms with Gasteiger partial charge >= 0.3 is 0 Å². The van der Waals surface area contributed by atoms with Crippen LogP contribution in [0.2, 0.25) is 0 Å². The van der Waals surface area contributed by atoms with Crippen LogP contribution in [0.25, 0.3) is 11.4 Å². The van der Waals surface area contributed by atoms with Gasteiger partial charge in [0.15, 0.2) is 10.6 Å². The molecule has 3 rings (SSSR count). The predicted molar refractivity (Wildman–Crippen MR) is 115 cm³/mol. The van der Waals surface area contributed by atoms with E-state index >= 15 is 0 Å². The number of H-pyrrole nitrogens is 1. The summed E-state index contributed by atoms with van der Waals surface area (Å²) < 4.78 is 2.04. The molecular weight excluding hydrogens is 386 g/mol. The van der Waals surface area contributed by atoms with Gasteiger partial charge in [-0.15, -0.1) is 0 Å². The number of nitrogens with zero attached hydrogens (tertiary/aromatic N) is 3. The second kappa shape index (κ2) is 8.83. The summed E-state index contributed by atoms with van der Waals surface area (Å²) in [5.74, 6) is 0.335. The summed E-state index contributed by atoms with van der Waals surface area (Å²) in [5.41, 5.74) is 3.53. The van der Waals surface area contributed by atoms with Crippen molar-refractivity contribution in [1.29, 1.82) is 0 Å². The van der Waals surface area contributed by atoms with Crippen LogP contribution in [-0.4, -0.2) is 38.5 Å². The number of para-hydroxylation sites is 1. The molecule has 150 valence electrons. The summed E-state index contributed by atoms with van der Waals surface area (Å²) >= 11 is 5.31. The maximum atomic E-state index is 12.7. The summed E-state index contributed by atoms with van der Waals surface area (Å²) in [6.45, 7) is 3.95. The second-order valence-electron chi connectivity index (χ2n) is 6.88. The molecule has 1 aromatic heterocycles. The van der Waals surface area contributed by atoms with E-state index in [2.05, 4.69) is 15.5 Å². The molecule has 0 radical (unpaired) electrons. The molecule has 2 aromatic carbocycles. The number of nitrogens with one attached hydrogen (secondary N) is 2. The van der Waals surface area contributed by atoms with Crippen molar-refractivity contribution in [3.8, 4) is 11.4 Å². The van der Waals surface area contributed by atoms with Crippen LogP contribution < -0.4 is 5.32 Å². The molecule has 2 N–H and O–H groups in total. The predicted octanol–water partition coefficient (Wildman–Crippen LogP) is 3.53. The number of anilines is 1. The number of hydrogen-bond acceptors (Lipinski definition) is 4. The van der Waals surface area contributed by atoms with Crippen molar-refractivity contribution in [2.75, 3.05) is 12.4 Å². The van der Waals surface area contributed by atoms with Gasteiger partial charge in [0.25, 0.3) is 0 Å². The third-order valence-electron chi connectivity index (χ3n) is 4.61. The van der Waals surface area contributed by atoms with E-state index in [0.717, 1.165) is 16.7 Å². The molecule has 0 aliphatic rings. The molecule has 0 saturated carbocycles. The van der Waals surface area contributed by atoms with E-state index in [9.17, 15) is 9.59 Å². The van der Waals surface area contributed by atoms with E-state index in [1.165, 1.54) is 6.92 Å². The zero-order valence-electron chi connectivity index (χ0n) is 16.6. The number of aromatic amines is 1. The number of aryl methyl sites for hydroxylation is 1. The van der Waals surface area contributed by atoms with Crippen LogP contribution in [0.3, 0.4) is 0 Å². The lowest BCUT2D eigenvalue weighted by Gasteiger charge is -2.18. The monoisotopic (exact) mass is 409 g/mol. The molecule has 0 atom stereocenters. The Labute approximate surface area is 174 Å². The lowest BCUT2D eigenvalue weighted by atomic mass is 10.1. The van der Waals surface area contributed by atoms with Gasteiger partial charge in [-0.1, -0.05) is 48.0 Å². The summed E-state index contributed by atoms with van der Waals surface area (Å²) in [7, 11) is 1.72. The molecule has 0 saturated heterocycles. The SMILES string of the molecule is CC(=O)N(C)Cc1ccccc1NC(=O)Cn1c(-c2ccc(C)cc2)n[nH]c1=S. The van der Waals surface area contributed by atoms with Gasteiger partial charge in [0, 0.05) is 31.8 Å². The average molecular weight is 410 g/mol. The molecule has 8 heteroatoms. The highest BCUT2D eigenvalue weighted by Gasteiger charge is 2.14. The number of carbonyl (C=O) groups excluding carboxylic acids is 2. The summed E-state index contributed by atoms with van der Waals surface area (Å²) in [4.78, 5) is 25.9. The maximum absolute atomic E-state index is 12.7. The van der Waals surface area contributed by atoms with Gasteiger partial charge in [0.05, 0.1) is 0 Å². The Kier molecular flexibility index (Phi) is 6.23. The van der Waals surface area contributed by atoms with Gasteiger partial charge < -0.3 is 10.2 Å². The Morgan fingerprint density at radius 3 is 2.55 bits per heavy atom. The topological polar surface area (TPSA) is 83.0 Å². The first-order chi connectivity index (χ1) is 13.8. The van der Waals surface area contributed by atoms with Crippen LogP contribution in [0.4, 0.5) is 5.69 Å². The van der Waals surface area contributed by atoms with Gasteiger partial charge in [-0.2, -0.15) is 5.10 Å². The van der Waals surface area contributed by atoms with Crippen molar-refractivity contribution >= 4 is 29.7 Å². The second-order valence-corrected chi connectivity index (χ2v) is 7.27. The van der Waals surface area contributed by atoms with E-state index in [-0.39, 0.29) is 18.4 Å². The average Bonchev–Trinajstić information content (AvgIpc) is 3.04. The zero-order chi connectivity index (χ0) is 21.0. The largest absolute Gasteiger partial charge is 0.342 e. The third-order valence-corrected chi connectivity index (χ3v) is 4.92. The summed E-state index contributed by atoms with van der Waals surface area (Å²) in [6.07, 6.45) is 0. The number of aromatic nitrogens is 3. The van der Waals surface area contributed by atoms with Crippen LogP contribution in [0.15, 0.2) is 48.5 Å². The highest BCUT2D eigenvalue weighted by Crippen LogP contribution is 2.20. The number of benzene rings is 2. The Hall–Kier alpha value is -3.26. The highest BCUT2D eigenvalue weighted by atomic mass is 32.1. The first-order valence-electron chi connectivity index (χ1n) is 9.17. The highest BCUT2D eigenvalue weighted by molar-refractivity contribution is 7.71. The number of hydrogen-bond donors (Lipinski definition) is 2. The quantitative estimate of drug-likeness (QED) is 0.610. The van der Waals surface area contributed by atoms with Crippen LogP contribution >= 0.6 is 12.2 Å². The van der Waals surface area contributed by atoms with E-state index in [4.69, 9.17) is 12.2 Å². The van der Waals surface area contributed by atoms with Crippen LogP contribution in [0.5, 0.6) is 0 Å². The van der Waals surface area contributed by atoms with Crippen molar-refractivity contribution in [1.82, 2.24) is 19.7 Å². The van der Waals surface area contributed by atoms with Crippen LogP contribution in [0.1, 0.15) is 18.1 Å². The minimum atomic E-state index is -0.228. The zero-order valence-corrected chi connectivity index (χ0v) is 17.4. The third kappa shape index (κ3) is 4.97. The lowest BCUT2D eigenvalue weighted by molar-refractivity contribution is -0.128. The number of amides is 2. The van der Waals surface area contributed by atoms with Crippen molar-refractivity contribution < 1.29 is 9.59 Å². The molecule has 0 aliphatic heterocycles. The first kappa shape index (κ1) is 20.5. The van der Waals surface area contributed by atoms with Gasteiger partial charge in [-0.3, -0.25) is 19.3 Å². The Balaban J connectivity index is 1.79. The fourth-order valence-electron chi connectivity index (χ4n) is 2.87. The molecule has 0 aliphatic carbocycles. The van der Waals surface area contributed by atoms with Gasteiger partial charge in [-0.25, -0.2) is 0 Å². The van der Waals surface area contributed by atoms with Gasteiger partial charge in [0.2, 0.25) is 11.8 Å². The van der Waals surface area contributed by atoms with Crippen molar-refractivity contribution in [2.45, 2.75) is 26.9 Å². The van der Waals surface area contributed by atoms with Crippen molar-refractivity contribution in [3.05, 3.63) is 64.4 Å². The van der Waals surface area contributed by atoms with E-state index in [0.29, 0.717) is 22.8 Å². The molecule has 0 spiro atoms. The fourth-order valence-corrected chi connectivity index (χ4v) is 3.06. The Morgan fingerprint density at radius 1 is 1.17 bits per heavy atom. The summed E-state index contributed by atoms with van der Waals surface area (Å²) in [6, 6.07) is 15.3. The molecule has 1 heterocycles. The van der Waals surface area contributed by atoms with Gasteiger partial charge in [-0.05, 0) is 30.8 Å². The van der Waals surface area contributed by atoms with E-state index in [1.807, 2.05) is 55.5 Å². The lowest BCUT2D eigenvalue weighted by Crippen LogP contribution is -2.25. The Bertz CT molecular complexity index is 1080. The molecule has 0 unspecified atom stereocenters. The van der Waals surface area contributed by atoms with Crippen molar-refractivity contribution in [2.24, 2.45) is 0 Å². The number of rotatable bonds is 6. The fraction of sp³-hybridized carbons (Fsp3) is 0.238. The molecular formula is C21H23N5O2S. The molecule has 7 nitrogen and oxygen atoms in total. The Morgan fingerprint density at radius 2 is 1.86 bits per heavy atom. The first-order valence-corrected chi connectivity index (χ1v) is 9.57. The van der Waals surface area contributed by atoms with Crippen LogP contribution in [0, 0.1) is 11.7 Å². The smallest absolute Gasteiger partial charge is 0.244 e. The molecule has 0 fully saturated rings. The molecule has 29 heavy (non-hydrogen) atoms. The standard InChI is InChI=1S/C21H23N5O2S/c1-14-8-10-16(11-9-14)20-23-24-21(29)26(20)13-19(28)22-18-7-5-4-6-17(18)12-25(3)15(2)27/h4-11H,12-13H2,1-3H3,(H,22,28)(H,24,29). The summed E-state index contributed by atoms with van der Waals surface area (Å²) in [5, 5.41) is 9.96. The van der Waals surface area contributed by atoms with E-state index in [1.54, 1.807) is 16.5 Å². The van der Waals surface area contributed by atoms with E-state index < -0.39 is 0 Å².